The summed E-state index contributed by atoms with van der Waals surface area (Å²) < 4.78 is 0. The van der Waals surface area contributed by atoms with E-state index >= 15 is 0 Å². The van der Waals surface area contributed by atoms with Gasteiger partial charge in [0.2, 0.25) is 47.3 Å². The van der Waals surface area contributed by atoms with Crippen LogP contribution >= 0.6 is 0 Å². The first kappa shape index (κ1) is 50.8. The second-order valence-corrected chi connectivity index (χ2v) is 17.4. The van der Waals surface area contributed by atoms with E-state index in [-0.39, 0.29) is 63.4 Å². The van der Waals surface area contributed by atoms with E-state index in [0.717, 1.165) is 12.0 Å². The summed E-state index contributed by atoms with van der Waals surface area (Å²) >= 11 is 0. The van der Waals surface area contributed by atoms with Gasteiger partial charge in [-0.1, -0.05) is 30.3 Å². The Balaban J connectivity index is 1.25. The van der Waals surface area contributed by atoms with Crippen LogP contribution in [0.1, 0.15) is 83.6 Å². The van der Waals surface area contributed by atoms with Gasteiger partial charge in [0.1, 0.15) is 54.6 Å². The first-order valence-electron chi connectivity index (χ1n) is 23.0. The number of hydrogen-bond donors (Lipinski definition) is 9. The molecule has 0 unspecified atom stereocenters. The lowest BCUT2D eigenvalue weighted by molar-refractivity contribution is -0.148. The summed E-state index contributed by atoms with van der Waals surface area (Å²) in [4.78, 5) is 129. The third-order valence-electron chi connectivity index (χ3n) is 12.5. The minimum atomic E-state index is -1.18. The molecule has 4 saturated heterocycles. The van der Waals surface area contributed by atoms with Crippen LogP contribution in [-0.2, 0) is 49.6 Å². The maximum absolute atomic E-state index is 14.5. The van der Waals surface area contributed by atoms with Crippen molar-refractivity contribution in [3.63, 3.8) is 0 Å². The summed E-state index contributed by atoms with van der Waals surface area (Å²) in [5, 5.41) is 25.9. The lowest BCUT2D eigenvalue weighted by Gasteiger charge is -2.34. The lowest BCUT2D eigenvalue weighted by Crippen LogP contribution is -2.59. The molecule has 22 nitrogen and oxygen atoms in total. The van der Waals surface area contributed by atoms with Gasteiger partial charge in [0.05, 0.1) is 12.6 Å². The second kappa shape index (κ2) is 24.4. The normalized spacial score (nSPS) is 22.6. The first-order valence-corrected chi connectivity index (χ1v) is 23.0. The number of nitrogens with one attached hydrogen (secondary N) is 6. The van der Waals surface area contributed by atoms with Crippen LogP contribution in [0.25, 0.3) is 0 Å². The molecule has 66 heavy (non-hydrogen) atoms. The van der Waals surface area contributed by atoms with E-state index in [2.05, 4.69) is 36.9 Å². The molecule has 0 aromatic heterocycles. The van der Waals surface area contributed by atoms with Crippen LogP contribution in [-0.4, -0.2) is 173 Å². The monoisotopic (exact) mass is 923 g/mol. The van der Waals surface area contributed by atoms with Crippen molar-refractivity contribution in [3.8, 4) is 0 Å². The molecule has 362 valence electrons. The molecule has 1 aromatic carbocycles. The predicted octanol–water partition coefficient (Wildman–Crippen LogP) is -3.34. The van der Waals surface area contributed by atoms with Gasteiger partial charge in [-0.25, -0.2) is 0 Å². The Kier molecular flexibility index (Phi) is 18.8. The highest BCUT2D eigenvalue weighted by Crippen LogP contribution is 2.27. The van der Waals surface area contributed by atoms with Crippen LogP contribution in [0, 0.1) is 0 Å². The summed E-state index contributed by atoms with van der Waals surface area (Å²) in [6.07, 6.45) is 4.66. The van der Waals surface area contributed by atoms with E-state index in [0.29, 0.717) is 57.8 Å². The molecule has 0 aliphatic carbocycles. The fourth-order valence-corrected chi connectivity index (χ4v) is 8.98. The largest absolute Gasteiger partial charge is 0.394 e. The number of carbonyl (C=O) groups excluding carboxylic acids is 9. The van der Waals surface area contributed by atoms with Crippen molar-refractivity contribution in [3.05, 3.63) is 35.9 Å². The standard InChI is InChI=1S/C44H66N12O10/c1-26(49-37(60)30-13-6-18-47-30)36(59)50-27(2)41(64)54-20-8-15-33(54)39(62)52-31(14-7-19-48-44(45)46)42(65)56-22-10-17-35(56)43(66)55-21-9-16-34(55)40(63)53-32(23-28-11-4-3-5-12-28)38(61)51-29(24-57)25-58/h3-5,11-12,24,26-27,29-35,47,58H,6-10,13-23,25H2,1-2H3,(H,49,60)(H,50,59)(H,51,61)(H,52,62)(H,53,63)(H4,45,46,48)/t26-,27-,29+,30-,31-,32-,33-,34-,35-/m0/s1. The summed E-state index contributed by atoms with van der Waals surface area (Å²) in [7, 11) is 0. The topological polar surface area (TPSA) is 320 Å². The molecule has 8 amide bonds. The molecule has 9 atom stereocenters. The van der Waals surface area contributed by atoms with E-state index < -0.39 is 96.3 Å². The maximum Gasteiger partial charge on any atom is 0.246 e. The zero-order valence-corrected chi connectivity index (χ0v) is 37.7. The SMILES string of the molecule is C[C@H](NC(=O)[C@@H]1CCCN1)C(=O)N[C@@H](C)C(=O)N1CCC[C@H]1C(=O)N[C@@H](CCCN=C(N)N)C(=O)N1CCC[C@H]1C(=O)N1CCC[C@H]1C(=O)N[C@@H](Cc1ccccc1)C(=O)N[C@H](C=O)CO. The fraction of sp³-hybridized carbons (Fsp3) is 0.636. The molecule has 0 radical (unpaired) electrons. The van der Waals surface area contributed by atoms with E-state index in [1.807, 2.05) is 0 Å². The van der Waals surface area contributed by atoms with Crippen LogP contribution in [0.15, 0.2) is 35.3 Å². The van der Waals surface area contributed by atoms with Crippen molar-refractivity contribution in [2.75, 3.05) is 39.3 Å². The van der Waals surface area contributed by atoms with Crippen molar-refractivity contribution in [2.45, 2.75) is 139 Å². The van der Waals surface area contributed by atoms with Crippen molar-refractivity contribution < 1.29 is 48.3 Å². The van der Waals surface area contributed by atoms with Gasteiger partial charge in [0, 0.05) is 32.6 Å². The van der Waals surface area contributed by atoms with E-state index in [4.69, 9.17) is 11.5 Å². The number of hydrogen-bond acceptors (Lipinski definition) is 12. The number of carbonyl (C=O) groups is 9. The molecule has 22 heteroatoms. The Morgan fingerprint density at radius 1 is 0.727 bits per heavy atom. The number of amides is 8. The summed E-state index contributed by atoms with van der Waals surface area (Å²) in [5.41, 5.74) is 11.8. The molecule has 0 spiro atoms. The average Bonchev–Trinajstić information content (AvgIpc) is 4.16. The van der Waals surface area contributed by atoms with E-state index in [1.165, 1.54) is 28.5 Å². The van der Waals surface area contributed by atoms with Crippen molar-refractivity contribution in [1.82, 2.24) is 46.6 Å². The Labute approximate surface area is 384 Å². The zero-order valence-electron chi connectivity index (χ0n) is 37.7. The molecule has 4 heterocycles. The van der Waals surface area contributed by atoms with Gasteiger partial charge in [0.25, 0.3) is 0 Å². The smallest absolute Gasteiger partial charge is 0.246 e. The molecule has 0 saturated carbocycles. The number of likely N-dealkylation sites (tertiary alicyclic amines) is 3. The number of benzene rings is 1. The van der Waals surface area contributed by atoms with E-state index in [1.54, 1.807) is 30.3 Å². The molecular weight excluding hydrogens is 857 g/mol. The van der Waals surface area contributed by atoms with Gasteiger partial charge >= 0.3 is 0 Å². The number of nitrogens with two attached hydrogens (primary N) is 2. The summed E-state index contributed by atoms with van der Waals surface area (Å²) in [6, 6.07) is 0.209. The van der Waals surface area contributed by atoms with Gasteiger partial charge < -0.3 is 68.0 Å². The van der Waals surface area contributed by atoms with Gasteiger partial charge in [-0.2, -0.15) is 0 Å². The third-order valence-corrected chi connectivity index (χ3v) is 12.5. The van der Waals surface area contributed by atoms with Crippen molar-refractivity contribution in [1.29, 1.82) is 0 Å². The van der Waals surface area contributed by atoms with Crippen molar-refractivity contribution >= 4 is 59.5 Å². The van der Waals surface area contributed by atoms with E-state index in [9.17, 15) is 48.3 Å². The summed E-state index contributed by atoms with van der Waals surface area (Å²) in [5.74, 6) is -4.38. The van der Waals surface area contributed by atoms with Crippen molar-refractivity contribution in [2.24, 2.45) is 16.5 Å². The quantitative estimate of drug-likeness (QED) is 0.0253. The average molecular weight is 923 g/mol. The molecular formula is C44H66N12O10. The first-order chi connectivity index (χ1) is 31.6. The molecule has 4 fully saturated rings. The molecule has 4 aliphatic rings. The van der Waals surface area contributed by atoms with Gasteiger partial charge in [-0.05, 0) is 90.2 Å². The number of aliphatic imine (C=N–C) groups is 1. The number of rotatable bonds is 21. The zero-order chi connectivity index (χ0) is 47.9. The molecule has 0 bridgehead atoms. The van der Waals surface area contributed by atoms with Gasteiger partial charge in [-0.3, -0.25) is 43.3 Å². The number of aliphatic hydroxyl groups excluding tert-OH is 1. The molecule has 11 N–H and O–H groups in total. The van der Waals surface area contributed by atoms with Crippen LogP contribution in [0.4, 0.5) is 0 Å². The number of aliphatic hydroxyl groups is 1. The Bertz CT molecular complexity index is 1940. The predicted molar refractivity (Wildman–Crippen MR) is 239 cm³/mol. The van der Waals surface area contributed by atoms with Crippen LogP contribution in [0.5, 0.6) is 0 Å². The maximum atomic E-state index is 14.5. The molecule has 1 aromatic rings. The van der Waals surface area contributed by atoms with Gasteiger partial charge in [0.15, 0.2) is 5.96 Å². The minimum absolute atomic E-state index is 0.0678. The van der Waals surface area contributed by atoms with Gasteiger partial charge in [-0.15, -0.1) is 0 Å². The molecule has 5 rings (SSSR count). The fourth-order valence-electron chi connectivity index (χ4n) is 8.98. The number of guanidine groups is 1. The highest BCUT2D eigenvalue weighted by Gasteiger charge is 2.45. The van der Waals surface area contributed by atoms with Crippen LogP contribution < -0.4 is 43.4 Å². The number of nitrogens with zero attached hydrogens (tertiary/aromatic N) is 4. The Morgan fingerprint density at radius 3 is 1.94 bits per heavy atom. The number of aldehydes is 1. The highest BCUT2D eigenvalue weighted by molar-refractivity contribution is 5.98. The highest BCUT2D eigenvalue weighted by atomic mass is 16.3. The van der Waals surface area contributed by atoms with Crippen LogP contribution in [0.2, 0.25) is 0 Å². The Hall–Kier alpha value is -6.16. The molecule has 4 aliphatic heterocycles. The second-order valence-electron chi connectivity index (χ2n) is 17.4. The van der Waals surface area contributed by atoms with Crippen LogP contribution in [0.3, 0.4) is 0 Å². The Morgan fingerprint density at radius 2 is 1.33 bits per heavy atom. The lowest BCUT2D eigenvalue weighted by atomic mass is 10.0. The third kappa shape index (κ3) is 13.5. The summed E-state index contributed by atoms with van der Waals surface area (Å²) in [6.45, 7) is 3.89. The minimum Gasteiger partial charge on any atom is -0.394 e.